The van der Waals surface area contributed by atoms with Crippen LogP contribution in [0.1, 0.15) is 22.6 Å². The molecule has 0 spiro atoms. The van der Waals surface area contributed by atoms with E-state index in [-0.39, 0.29) is 24.4 Å². The molecule has 2 heterocycles. The lowest BCUT2D eigenvalue weighted by molar-refractivity contribution is -0.138. The highest BCUT2D eigenvalue weighted by Crippen LogP contribution is 2.33. The summed E-state index contributed by atoms with van der Waals surface area (Å²) in [6, 6.07) is 2.75. The van der Waals surface area contributed by atoms with Crippen LogP contribution in [0.25, 0.3) is 0 Å². The molecular weight excluding hydrogens is 322 g/mol. The van der Waals surface area contributed by atoms with Gasteiger partial charge in [0.2, 0.25) is 0 Å². The molecule has 0 atom stereocenters. The van der Waals surface area contributed by atoms with Crippen molar-refractivity contribution in [2.24, 2.45) is 0 Å². The summed E-state index contributed by atoms with van der Waals surface area (Å²) in [6.07, 6.45) is -2.77. The van der Waals surface area contributed by atoms with Crippen molar-refractivity contribution in [3.8, 4) is 0 Å². The highest BCUT2D eigenvalue weighted by atomic mass is 35.5. The maximum atomic E-state index is 13.1. The molecule has 8 heteroatoms. The van der Waals surface area contributed by atoms with Gasteiger partial charge in [-0.05, 0) is 17.7 Å². The molecule has 0 fully saturated rings. The molecule has 2 aromatic rings. The van der Waals surface area contributed by atoms with E-state index in [9.17, 15) is 17.6 Å². The second kappa shape index (κ2) is 6.26. The largest absolute Gasteiger partial charge is 0.416 e. The van der Waals surface area contributed by atoms with E-state index in [0.717, 1.165) is 25.0 Å². The van der Waals surface area contributed by atoms with Gasteiger partial charge in [0.1, 0.15) is 11.6 Å². The molecule has 1 aromatic carbocycles. The molecule has 0 bridgehead atoms. The second-order valence-corrected chi connectivity index (χ2v) is 4.99. The van der Waals surface area contributed by atoms with Crippen molar-refractivity contribution in [2.75, 3.05) is 6.54 Å². The SMILES string of the molecule is Cl.Fc1ccc(Cc2cn3c(n2)CNCC3)c(C(F)(F)F)c1. The number of fused-ring (bicyclic) bond motifs is 1. The van der Waals surface area contributed by atoms with E-state index < -0.39 is 17.6 Å². The van der Waals surface area contributed by atoms with Crippen molar-refractivity contribution in [1.29, 1.82) is 0 Å². The summed E-state index contributed by atoms with van der Waals surface area (Å²) < 4.78 is 53.9. The molecule has 0 saturated heterocycles. The van der Waals surface area contributed by atoms with Crippen LogP contribution >= 0.6 is 12.4 Å². The van der Waals surface area contributed by atoms with E-state index in [1.54, 1.807) is 6.20 Å². The fraction of sp³-hybridized carbons (Fsp3) is 0.357. The van der Waals surface area contributed by atoms with E-state index in [1.807, 2.05) is 4.57 Å². The number of aromatic nitrogens is 2. The second-order valence-electron chi connectivity index (χ2n) is 4.99. The van der Waals surface area contributed by atoms with Crippen molar-refractivity contribution in [1.82, 2.24) is 14.9 Å². The van der Waals surface area contributed by atoms with Crippen LogP contribution in [0.15, 0.2) is 24.4 Å². The predicted octanol–water partition coefficient (Wildman–Crippen LogP) is 3.16. The standard InChI is InChI=1S/C14H13F4N3.ClH/c15-10-2-1-9(12(6-10)14(16,17)18)5-11-8-21-4-3-19-7-13(21)20-11;/h1-2,6,8,19H,3-5,7H2;1H. The van der Waals surface area contributed by atoms with Gasteiger partial charge in [-0.2, -0.15) is 13.2 Å². The molecule has 3 rings (SSSR count). The Kier molecular flexibility index (Phi) is 4.77. The summed E-state index contributed by atoms with van der Waals surface area (Å²) in [5.41, 5.74) is -0.343. The van der Waals surface area contributed by atoms with Gasteiger partial charge in [-0.25, -0.2) is 9.37 Å². The van der Waals surface area contributed by atoms with E-state index in [2.05, 4.69) is 10.3 Å². The molecule has 22 heavy (non-hydrogen) atoms. The zero-order valence-corrected chi connectivity index (χ0v) is 12.3. The van der Waals surface area contributed by atoms with Crippen molar-refractivity contribution in [3.63, 3.8) is 0 Å². The first-order valence-corrected chi connectivity index (χ1v) is 6.55. The third kappa shape index (κ3) is 3.41. The summed E-state index contributed by atoms with van der Waals surface area (Å²) in [5.74, 6) is -0.0775. The Hall–Kier alpha value is -1.60. The van der Waals surface area contributed by atoms with Gasteiger partial charge in [-0.1, -0.05) is 6.07 Å². The Morgan fingerprint density at radius 2 is 2.05 bits per heavy atom. The smallest absolute Gasteiger partial charge is 0.332 e. The molecule has 1 N–H and O–H groups in total. The van der Waals surface area contributed by atoms with Gasteiger partial charge < -0.3 is 9.88 Å². The van der Waals surface area contributed by atoms with Gasteiger partial charge in [-0.3, -0.25) is 0 Å². The first-order chi connectivity index (χ1) is 9.93. The number of alkyl halides is 3. The van der Waals surface area contributed by atoms with E-state index in [1.165, 1.54) is 6.07 Å². The summed E-state index contributed by atoms with van der Waals surface area (Å²) in [5, 5.41) is 3.15. The minimum Gasteiger partial charge on any atom is -0.332 e. The van der Waals surface area contributed by atoms with Gasteiger partial charge in [0, 0.05) is 25.7 Å². The lowest BCUT2D eigenvalue weighted by atomic mass is 10.0. The van der Waals surface area contributed by atoms with Gasteiger partial charge in [0.25, 0.3) is 0 Å². The molecule has 3 nitrogen and oxygen atoms in total. The first-order valence-electron chi connectivity index (χ1n) is 6.55. The number of rotatable bonds is 2. The van der Waals surface area contributed by atoms with Crippen LogP contribution in [-0.2, 0) is 25.7 Å². The van der Waals surface area contributed by atoms with Crippen molar-refractivity contribution < 1.29 is 17.6 Å². The third-order valence-electron chi connectivity index (χ3n) is 3.47. The Labute approximate surface area is 130 Å². The molecule has 1 aromatic heterocycles. The number of nitrogens with one attached hydrogen (secondary N) is 1. The Bertz CT molecular complexity index is 643. The predicted molar refractivity (Wildman–Crippen MR) is 75.4 cm³/mol. The van der Waals surface area contributed by atoms with Crippen LogP contribution in [0.3, 0.4) is 0 Å². The van der Waals surface area contributed by atoms with Crippen LogP contribution in [0.2, 0.25) is 0 Å². The highest BCUT2D eigenvalue weighted by molar-refractivity contribution is 5.85. The van der Waals surface area contributed by atoms with Crippen LogP contribution in [0.4, 0.5) is 17.6 Å². The summed E-state index contributed by atoms with van der Waals surface area (Å²) >= 11 is 0. The van der Waals surface area contributed by atoms with Crippen molar-refractivity contribution in [3.05, 3.63) is 52.9 Å². The van der Waals surface area contributed by atoms with E-state index in [4.69, 9.17) is 0 Å². The fourth-order valence-electron chi connectivity index (χ4n) is 2.49. The van der Waals surface area contributed by atoms with Gasteiger partial charge in [0.05, 0.1) is 17.8 Å². The average Bonchev–Trinajstić information content (AvgIpc) is 2.82. The van der Waals surface area contributed by atoms with Crippen LogP contribution in [-0.4, -0.2) is 16.1 Å². The average molecular weight is 336 g/mol. The van der Waals surface area contributed by atoms with Crippen molar-refractivity contribution >= 4 is 12.4 Å². The van der Waals surface area contributed by atoms with Crippen LogP contribution in [0, 0.1) is 5.82 Å². The minimum atomic E-state index is -4.57. The molecule has 0 amide bonds. The molecule has 1 aliphatic heterocycles. The molecular formula is C14H14ClF4N3. The number of hydrogen-bond donors (Lipinski definition) is 1. The molecule has 0 aliphatic carbocycles. The summed E-state index contributed by atoms with van der Waals surface area (Å²) in [7, 11) is 0. The zero-order valence-electron chi connectivity index (χ0n) is 11.5. The molecule has 0 unspecified atom stereocenters. The number of benzene rings is 1. The summed E-state index contributed by atoms with van der Waals surface area (Å²) in [6.45, 7) is 2.17. The van der Waals surface area contributed by atoms with Gasteiger partial charge in [0.15, 0.2) is 0 Å². The van der Waals surface area contributed by atoms with E-state index >= 15 is 0 Å². The van der Waals surface area contributed by atoms with Crippen LogP contribution < -0.4 is 5.32 Å². The maximum absolute atomic E-state index is 13.1. The Balaban J connectivity index is 0.00000176. The van der Waals surface area contributed by atoms with Crippen LogP contribution in [0.5, 0.6) is 0 Å². The normalized spacial score (nSPS) is 14.4. The number of imidazole rings is 1. The molecule has 0 saturated carbocycles. The first kappa shape index (κ1) is 16.8. The summed E-state index contributed by atoms with van der Waals surface area (Å²) in [4.78, 5) is 4.33. The number of hydrogen-bond acceptors (Lipinski definition) is 2. The number of nitrogens with zero attached hydrogens (tertiary/aromatic N) is 2. The molecule has 120 valence electrons. The third-order valence-corrected chi connectivity index (χ3v) is 3.47. The van der Waals surface area contributed by atoms with E-state index in [0.29, 0.717) is 18.3 Å². The maximum Gasteiger partial charge on any atom is 0.416 e. The quantitative estimate of drug-likeness (QED) is 0.854. The minimum absolute atomic E-state index is 0. The molecule has 1 aliphatic rings. The highest BCUT2D eigenvalue weighted by Gasteiger charge is 2.33. The topological polar surface area (TPSA) is 29.9 Å². The van der Waals surface area contributed by atoms with Gasteiger partial charge >= 0.3 is 6.18 Å². The molecule has 0 radical (unpaired) electrons. The fourth-order valence-corrected chi connectivity index (χ4v) is 2.49. The lowest BCUT2D eigenvalue weighted by Gasteiger charge is -2.13. The van der Waals surface area contributed by atoms with Gasteiger partial charge in [-0.15, -0.1) is 12.4 Å². The zero-order chi connectivity index (χ0) is 15.0. The van der Waals surface area contributed by atoms with Crippen molar-refractivity contribution in [2.45, 2.75) is 25.7 Å². The Morgan fingerprint density at radius 1 is 1.27 bits per heavy atom. The lowest BCUT2D eigenvalue weighted by Crippen LogP contribution is -2.27. The monoisotopic (exact) mass is 335 g/mol. The Morgan fingerprint density at radius 3 is 2.73 bits per heavy atom. The number of halogens is 5.